The minimum atomic E-state index is -2.91. The van der Waals surface area contributed by atoms with Crippen LogP contribution in [-0.2, 0) is 6.54 Å². The molecule has 1 unspecified atom stereocenters. The standard InChI is InChI=1S/C22H29F2N3O3.HI/c1-15(17-6-8-18(28-3)9-7-17)11-12-26-22(25-2)27-14-16-5-10-19(29-4)20(13-16)30-21(23)24;/h5-10,13,15,21H,11-12,14H2,1-4H3,(H2,25,26,27);1H. The van der Waals surface area contributed by atoms with Crippen molar-refractivity contribution < 1.29 is 23.0 Å². The van der Waals surface area contributed by atoms with Crippen LogP contribution in [0.4, 0.5) is 8.78 Å². The smallest absolute Gasteiger partial charge is 0.387 e. The first kappa shape index (κ1) is 26.7. The van der Waals surface area contributed by atoms with E-state index < -0.39 is 6.61 Å². The van der Waals surface area contributed by atoms with Gasteiger partial charge in [0.05, 0.1) is 14.2 Å². The Morgan fingerprint density at radius 3 is 2.29 bits per heavy atom. The molecule has 0 aliphatic rings. The zero-order valence-corrected chi connectivity index (χ0v) is 20.5. The molecule has 0 aliphatic carbocycles. The highest BCUT2D eigenvalue weighted by Crippen LogP contribution is 2.29. The molecule has 9 heteroatoms. The predicted octanol–water partition coefficient (Wildman–Crippen LogP) is 4.78. The van der Waals surface area contributed by atoms with E-state index in [1.165, 1.54) is 18.7 Å². The third-order valence-corrected chi connectivity index (χ3v) is 4.68. The lowest BCUT2D eigenvalue weighted by atomic mass is 9.98. The highest BCUT2D eigenvalue weighted by molar-refractivity contribution is 14.0. The molecule has 0 radical (unpaired) electrons. The number of methoxy groups -OCH3 is 2. The fourth-order valence-electron chi connectivity index (χ4n) is 2.93. The average Bonchev–Trinajstić information content (AvgIpc) is 2.75. The molecule has 0 bridgehead atoms. The number of guanidine groups is 1. The molecule has 0 fully saturated rings. The Bertz CT molecular complexity index is 820. The average molecular weight is 549 g/mol. The van der Waals surface area contributed by atoms with Crippen molar-refractivity contribution in [3.63, 3.8) is 0 Å². The second kappa shape index (κ2) is 13.9. The summed E-state index contributed by atoms with van der Waals surface area (Å²) in [6.45, 7) is 0.387. The van der Waals surface area contributed by atoms with Crippen molar-refractivity contribution in [3.8, 4) is 17.2 Å². The van der Waals surface area contributed by atoms with Crippen LogP contribution in [0, 0.1) is 0 Å². The van der Waals surface area contributed by atoms with Gasteiger partial charge < -0.3 is 24.8 Å². The number of aliphatic imine (C=N–C) groups is 1. The van der Waals surface area contributed by atoms with Gasteiger partial charge in [-0.15, -0.1) is 24.0 Å². The molecule has 0 saturated carbocycles. The van der Waals surface area contributed by atoms with Crippen molar-refractivity contribution in [2.45, 2.75) is 32.4 Å². The van der Waals surface area contributed by atoms with E-state index >= 15 is 0 Å². The molecule has 0 spiro atoms. The topological polar surface area (TPSA) is 64.1 Å². The van der Waals surface area contributed by atoms with E-state index in [1.807, 2.05) is 12.1 Å². The van der Waals surface area contributed by atoms with Gasteiger partial charge in [0.15, 0.2) is 17.5 Å². The van der Waals surface area contributed by atoms with E-state index in [4.69, 9.17) is 9.47 Å². The van der Waals surface area contributed by atoms with Gasteiger partial charge in [0.1, 0.15) is 5.75 Å². The summed E-state index contributed by atoms with van der Waals surface area (Å²) in [5, 5.41) is 6.44. The Hall–Kier alpha value is -2.30. The molecule has 2 N–H and O–H groups in total. The van der Waals surface area contributed by atoms with Gasteiger partial charge in [0.2, 0.25) is 0 Å². The molecule has 1 atom stereocenters. The van der Waals surface area contributed by atoms with Gasteiger partial charge in [-0.2, -0.15) is 8.78 Å². The van der Waals surface area contributed by atoms with Crippen LogP contribution in [0.25, 0.3) is 0 Å². The quantitative estimate of drug-likeness (QED) is 0.254. The van der Waals surface area contributed by atoms with E-state index in [9.17, 15) is 8.78 Å². The Labute approximate surface area is 199 Å². The largest absolute Gasteiger partial charge is 0.497 e. The molecule has 2 aromatic rings. The van der Waals surface area contributed by atoms with Gasteiger partial charge in [-0.3, -0.25) is 4.99 Å². The van der Waals surface area contributed by atoms with Gasteiger partial charge in [-0.25, -0.2) is 0 Å². The van der Waals surface area contributed by atoms with Crippen molar-refractivity contribution in [2.75, 3.05) is 27.8 Å². The van der Waals surface area contributed by atoms with Crippen LogP contribution in [0.1, 0.15) is 30.4 Å². The highest BCUT2D eigenvalue weighted by atomic mass is 127. The van der Waals surface area contributed by atoms with E-state index in [1.54, 1.807) is 26.3 Å². The van der Waals surface area contributed by atoms with Crippen LogP contribution in [0.2, 0.25) is 0 Å². The van der Waals surface area contributed by atoms with Gasteiger partial charge in [0.25, 0.3) is 0 Å². The van der Waals surface area contributed by atoms with Crippen LogP contribution in [-0.4, -0.2) is 40.4 Å². The number of alkyl halides is 2. The van der Waals surface area contributed by atoms with Crippen LogP contribution in [0.5, 0.6) is 17.2 Å². The molecule has 2 aromatic carbocycles. The van der Waals surface area contributed by atoms with Gasteiger partial charge in [-0.05, 0) is 47.7 Å². The summed E-state index contributed by atoms with van der Waals surface area (Å²) >= 11 is 0. The van der Waals surface area contributed by atoms with Gasteiger partial charge in [0, 0.05) is 20.1 Å². The number of rotatable bonds is 10. The number of halogens is 3. The second-order valence-corrected chi connectivity index (χ2v) is 6.68. The normalized spacial score (nSPS) is 12.0. The van der Waals surface area contributed by atoms with E-state index in [2.05, 4.69) is 39.4 Å². The van der Waals surface area contributed by atoms with Crippen molar-refractivity contribution in [3.05, 3.63) is 53.6 Å². The maximum Gasteiger partial charge on any atom is 0.387 e. The first-order valence-corrected chi connectivity index (χ1v) is 9.67. The summed E-state index contributed by atoms with van der Waals surface area (Å²) in [6, 6.07) is 13.0. The molecular formula is C22H30F2IN3O3. The molecule has 172 valence electrons. The zero-order valence-electron chi connectivity index (χ0n) is 18.2. The number of benzene rings is 2. The first-order chi connectivity index (χ1) is 14.5. The van der Waals surface area contributed by atoms with E-state index in [0.717, 1.165) is 24.3 Å². The van der Waals surface area contributed by atoms with Crippen molar-refractivity contribution in [2.24, 2.45) is 4.99 Å². The second-order valence-electron chi connectivity index (χ2n) is 6.68. The molecule has 2 rings (SSSR count). The summed E-state index contributed by atoms with van der Waals surface area (Å²) in [7, 11) is 4.74. The van der Waals surface area contributed by atoms with Gasteiger partial charge >= 0.3 is 6.61 Å². The third kappa shape index (κ3) is 8.76. The summed E-state index contributed by atoms with van der Waals surface area (Å²) in [4.78, 5) is 4.20. The number of hydrogen-bond acceptors (Lipinski definition) is 4. The molecule has 0 heterocycles. The summed E-state index contributed by atoms with van der Waals surface area (Å²) in [5.74, 6) is 2.10. The summed E-state index contributed by atoms with van der Waals surface area (Å²) in [6.07, 6.45) is 0.919. The van der Waals surface area contributed by atoms with Crippen molar-refractivity contribution >= 4 is 29.9 Å². The molecule has 0 saturated heterocycles. The molecule has 0 aromatic heterocycles. The lowest BCUT2D eigenvalue weighted by Crippen LogP contribution is -2.37. The van der Waals surface area contributed by atoms with Gasteiger partial charge in [-0.1, -0.05) is 25.1 Å². The molecule has 6 nitrogen and oxygen atoms in total. The lowest BCUT2D eigenvalue weighted by molar-refractivity contribution is -0.0512. The maximum absolute atomic E-state index is 12.6. The Morgan fingerprint density at radius 1 is 1.00 bits per heavy atom. The summed E-state index contributed by atoms with van der Waals surface area (Å²) in [5.41, 5.74) is 2.01. The number of hydrogen-bond donors (Lipinski definition) is 2. The first-order valence-electron chi connectivity index (χ1n) is 9.67. The zero-order chi connectivity index (χ0) is 21.9. The van der Waals surface area contributed by atoms with E-state index in [0.29, 0.717) is 18.4 Å². The van der Waals surface area contributed by atoms with Crippen LogP contribution in [0.3, 0.4) is 0 Å². The minimum absolute atomic E-state index is 0. The van der Waals surface area contributed by atoms with Crippen molar-refractivity contribution in [1.29, 1.82) is 0 Å². The fourth-order valence-corrected chi connectivity index (χ4v) is 2.93. The number of nitrogens with one attached hydrogen (secondary N) is 2. The lowest BCUT2D eigenvalue weighted by Gasteiger charge is -2.16. The monoisotopic (exact) mass is 549 g/mol. The third-order valence-electron chi connectivity index (χ3n) is 4.68. The van der Waals surface area contributed by atoms with Crippen molar-refractivity contribution in [1.82, 2.24) is 10.6 Å². The Kier molecular flexibility index (Phi) is 12.0. The van der Waals surface area contributed by atoms with E-state index in [-0.39, 0.29) is 35.5 Å². The van der Waals surface area contributed by atoms with Crippen LogP contribution < -0.4 is 24.8 Å². The number of nitrogens with zero attached hydrogens (tertiary/aromatic N) is 1. The van der Waals surface area contributed by atoms with Crippen LogP contribution in [0.15, 0.2) is 47.5 Å². The predicted molar refractivity (Wildman–Crippen MR) is 129 cm³/mol. The summed E-state index contributed by atoms with van der Waals surface area (Å²) < 4.78 is 39.9. The SMILES string of the molecule is CN=C(NCCC(C)c1ccc(OC)cc1)NCc1ccc(OC)c(OC(F)F)c1.I. The maximum atomic E-state index is 12.6. The molecule has 0 amide bonds. The number of ether oxygens (including phenoxy) is 3. The molecular weight excluding hydrogens is 519 g/mol. The minimum Gasteiger partial charge on any atom is -0.497 e. The molecule has 0 aliphatic heterocycles. The Morgan fingerprint density at radius 2 is 1.71 bits per heavy atom. The highest BCUT2D eigenvalue weighted by Gasteiger charge is 2.12. The fraction of sp³-hybridized carbons (Fsp3) is 0.409. The Balaban J connectivity index is 0.00000480. The van der Waals surface area contributed by atoms with Crippen LogP contribution >= 0.6 is 24.0 Å². The molecule has 31 heavy (non-hydrogen) atoms.